The fraction of sp³-hybridized carbons (Fsp3) is 0.444. The third-order valence-corrected chi connectivity index (χ3v) is 1.10. The van der Waals surface area contributed by atoms with E-state index in [9.17, 15) is 4.79 Å². The Kier molecular flexibility index (Phi) is 5.37. The average molecular weight is 170 g/mol. The van der Waals surface area contributed by atoms with E-state index in [1.807, 2.05) is 0 Å². The molecule has 0 spiro atoms. The minimum Gasteiger partial charge on any atom is -0.460 e. The third kappa shape index (κ3) is 4.91. The fourth-order valence-corrected chi connectivity index (χ4v) is 0.507. The Labute approximate surface area is 73.4 Å². The van der Waals surface area contributed by atoms with Crippen LogP contribution in [0.1, 0.15) is 6.92 Å². The average Bonchev–Trinajstić information content (AvgIpc) is 2.00. The molecule has 0 aliphatic rings. The zero-order chi connectivity index (χ0) is 9.56. The van der Waals surface area contributed by atoms with Crippen molar-refractivity contribution in [2.75, 3.05) is 13.2 Å². The Morgan fingerprint density at radius 1 is 1.58 bits per heavy atom. The van der Waals surface area contributed by atoms with Gasteiger partial charge in [0.25, 0.3) is 0 Å². The van der Waals surface area contributed by atoms with Gasteiger partial charge in [0.1, 0.15) is 6.61 Å². The van der Waals surface area contributed by atoms with E-state index >= 15 is 0 Å². The van der Waals surface area contributed by atoms with Crippen molar-refractivity contribution in [1.82, 2.24) is 0 Å². The summed E-state index contributed by atoms with van der Waals surface area (Å²) in [5.41, 5.74) is 0.372. The first-order chi connectivity index (χ1) is 5.57. The minimum absolute atomic E-state index is 0.140. The van der Waals surface area contributed by atoms with Gasteiger partial charge in [0.2, 0.25) is 0 Å². The highest BCUT2D eigenvalue weighted by Gasteiger charge is 2.06. The lowest BCUT2D eigenvalue weighted by Crippen LogP contribution is -2.19. The number of hydrogen-bond donors (Lipinski definition) is 0. The van der Waals surface area contributed by atoms with Gasteiger partial charge in [-0.15, -0.1) is 0 Å². The van der Waals surface area contributed by atoms with Crippen molar-refractivity contribution in [3.05, 3.63) is 26.0 Å². The van der Waals surface area contributed by atoms with E-state index < -0.39 is 5.97 Å². The standard InChI is InChI=1S/C9H14O3/c1-5-11-8(4)6-12-9(10)7(2)3/h8H,1-2,4-6H2,3H3. The molecule has 0 fully saturated rings. The normalized spacial score (nSPS) is 12.2. The number of carbonyl (C=O) groups excluding carboxylic acids is 1. The van der Waals surface area contributed by atoms with Gasteiger partial charge in [-0.25, -0.2) is 4.79 Å². The summed E-state index contributed by atoms with van der Waals surface area (Å²) in [6.45, 7) is 12.5. The molecule has 0 aliphatic heterocycles. The van der Waals surface area contributed by atoms with Crippen molar-refractivity contribution in [2.45, 2.75) is 13.0 Å². The molecule has 12 heavy (non-hydrogen) atoms. The summed E-state index contributed by atoms with van der Waals surface area (Å²) in [7, 11) is 0. The van der Waals surface area contributed by atoms with Crippen LogP contribution in [0.25, 0.3) is 0 Å². The van der Waals surface area contributed by atoms with Gasteiger partial charge in [0.15, 0.2) is 0 Å². The lowest BCUT2D eigenvalue weighted by Gasteiger charge is -2.11. The second-order valence-corrected chi connectivity index (χ2v) is 2.37. The SMILES string of the molecule is [CH2]COC([CH2])COC(=O)C(=C)C. The zero-order valence-corrected chi connectivity index (χ0v) is 7.34. The molecule has 0 aromatic heterocycles. The molecule has 0 saturated heterocycles. The lowest BCUT2D eigenvalue weighted by atomic mass is 10.3. The Morgan fingerprint density at radius 3 is 2.58 bits per heavy atom. The Hall–Kier alpha value is -0.830. The molecule has 0 aliphatic carbocycles. The van der Waals surface area contributed by atoms with Crippen molar-refractivity contribution in [3.63, 3.8) is 0 Å². The first-order valence-electron chi connectivity index (χ1n) is 3.64. The van der Waals surface area contributed by atoms with Crippen LogP contribution in [0.4, 0.5) is 0 Å². The topological polar surface area (TPSA) is 35.5 Å². The van der Waals surface area contributed by atoms with Crippen molar-refractivity contribution in [1.29, 1.82) is 0 Å². The van der Waals surface area contributed by atoms with Gasteiger partial charge in [-0.05, 0) is 20.8 Å². The number of ether oxygens (including phenoxy) is 2. The third-order valence-electron chi connectivity index (χ3n) is 1.10. The summed E-state index contributed by atoms with van der Waals surface area (Å²) < 4.78 is 9.71. The van der Waals surface area contributed by atoms with E-state index in [0.717, 1.165) is 0 Å². The largest absolute Gasteiger partial charge is 0.460 e. The second kappa shape index (κ2) is 5.77. The maximum absolute atomic E-state index is 10.8. The molecule has 2 radical (unpaired) electrons. The maximum atomic E-state index is 10.8. The van der Waals surface area contributed by atoms with Crippen LogP contribution in [-0.2, 0) is 14.3 Å². The van der Waals surface area contributed by atoms with Gasteiger partial charge in [-0.1, -0.05) is 6.58 Å². The van der Waals surface area contributed by atoms with E-state index in [1.54, 1.807) is 6.92 Å². The molecule has 3 heteroatoms. The summed E-state index contributed by atoms with van der Waals surface area (Å²) in [5, 5.41) is 0. The predicted octanol–water partition coefficient (Wildman–Crippen LogP) is 1.16. The van der Waals surface area contributed by atoms with Crippen LogP contribution < -0.4 is 0 Å². The molecule has 0 bridgehead atoms. The molecule has 1 atom stereocenters. The van der Waals surface area contributed by atoms with Gasteiger partial charge in [-0.2, -0.15) is 0 Å². The number of carbonyl (C=O) groups is 1. The molecule has 0 N–H and O–H groups in total. The highest BCUT2D eigenvalue weighted by Crippen LogP contribution is 1.96. The van der Waals surface area contributed by atoms with Crippen molar-refractivity contribution >= 4 is 5.97 Å². The molecule has 0 aromatic carbocycles. The fourth-order valence-electron chi connectivity index (χ4n) is 0.507. The monoisotopic (exact) mass is 170 g/mol. The van der Waals surface area contributed by atoms with Gasteiger partial charge < -0.3 is 9.47 Å². The smallest absolute Gasteiger partial charge is 0.333 e. The number of rotatable bonds is 5. The number of hydrogen-bond acceptors (Lipinski definition) is 3. The minimum atomic E-state index is -0.420. The quantitative estimate of drug-likeness (QED) is 0.459. The van der Waals surface area contributed by atoms with E-state index in [2.05, 4.69) is 20.4 Å². The van der Waals surface area contributed by atoms with Crippen molar-refractivity contribution in [3.8, 4) is 0 Å². The van der Waals surface area contributed by atoms with Crippen molar-refractivity contribution < 1.29 is 14.3 Å². The first kappa shape index (κ1) is 11.2. The van der Waals surface area contributed by atoms with Crippen LogP contribution in [0, 0.1) is 13.8 Å². The van der Waals surface area contributed by atoms with Crippen molar-refractivity contribution in [2.24, 2.45) is 0 Å². The van der Waals surface area contributed by atoms with Crippen LogP contribution in [0.15, 0.2) is 12.2 Å². The summed E-state index contributed by atoms with van der Waals surface area (Å²) in [6.07, 6.45) is -0.356. The molecular formula is C9H14O3. The van der Waals surface area contributed by atoms with E-state index in [4.69, 9.17) is 9.47 Å². The second-order valence-electron chi connectivity index (χ2n) is 2.37. The van der Waals surface area contributed by atoms with Crippen LogP contribution >= 0.6 is 0 Å². The van der Waals surface area contributed by atoms with E-state index in [0.29, 0.717) is 12.2 Å². The van der Waals surface area contributed by atoms with Crippen LogP contribution in [-0.4, -0.2) is 25.3 Å². The molecular weight excluding hydrogens is 156 g/mol. The molecule has 1 unspecified atom stereocenters. The highest BCUT2D eigenvalue weighted by molar-refractivity contribution is 5.86. The molecule has 68 valence electrons. The number of esters is 1. The predicted molar refractivity (Wildman–Crippen MR) is 46.2 cm³/mol. The summed E-state index contributed by atoms with van der Waals surface area (Å²) in [4.78, 5) is 10.8. The van der Waals surface area contributed by atoms with Gasteiger partial charge >= 0.3 is 5.97 Å². The van der Waals surface area contributed by atoms with Gasteiger partial charge in [-0.3, -0.25) is 0 Å². The lowest BCUT2D eigenvalue weighted by molar-refractivity contribution is -0.141. The molecule has 0 saturated carbocycles. The van der Waals surface area contributed by atoms with Crippen LogP contribution in [0.2, 0.25) is 0 Å². The van der Waals surface area contributed by atoms with Gasteiger partial charge in [0.05, 0.1) is 6.10 Å². The maximum Gasteiger partial charge on any atom is 0.333 e. The van der Waals surface area contributed by atoms with Gasteiger partial charge in [0, 0.05) is 12.2 Å². The van der Waals surface area contributed by atoms with Crippen LogP contribution in [0.3, 0.4) is 0 Å². The summed E-state index contributed by atoms with van der Waals surface area (Å²) in [5.74, 6) is -0.420. The summed E-state index contributed by atoms with van der Waals surface area (Å²) in [6, 6.07) is 0. The Morgan fingerprint density at radius 2 is 2.17 bits per heavy atom. The van der Waals surface area contributed by atoms with Crippen LogP contribution in [0.5, 0.6) is 0 Å². The summed E-state index contributed by atoms with van der Waals surface area (Å²) >= 11 is 0. The van der Waals surface area contributed by atoms with E-state index in [1.165, 1.54) is 0 Å². The Bertz CT molecular complexity index is 163. The Balaban J connectivity index is 3.54. The zero-order valence-electron chi connectivity index (χ0n) is 7.34. The highest BCUT2D eigenvalue weighted by atomic mass is 16.6. The molecule has 3 nitrogen and oxygen atoms in total. The molecule has 0 rings (SSSR count). The molecule has 0 amide bonds. The molecule has 0 aromatic rings. The first-order valence-corrected chi connectivity index (χ1v) is 3.64. The van der Waals surface area contributed by atoms with E-state index in [-0.39, 0.29) is 12.7 Å². The molecule has 0 heterocycles.